The lowest BCUT2D eigenvalue weighted by Crippen LogP contribution is -2.38. The van der Waals surface area contributed by atoms with Crippen LogP contribution >= 0.6 is 23.5 Å². The molecule has 200 valence electrons. The van der Waals surface area contributed by atoms with Gasteiger partial charge in [0.1, 0.15) is 18.3 Å². The van der Waals surface area contributed by atoms with Crippen LogP contribution in [0.25, 0.3) is 0 Å². The number of carbonyl (C=O) groups excluding carboxylic acids is 1. The molecule has 0 aliphatic carbocycles. The molecule has 0 aromatic carbocycles. The summed E-state index contributed by atoms with van der Waals surface area (Å²) >= 11 is 0. The molecule has 1 aliphatic heterocycles. The number of aromatic amines is 1. The fraction of sp³-hybridized carbons (Fsp3) is 0.583. The van der Waals surface area contributed by atoms with Crippen LogP contribution < -0.4 is 16.0 Å². The summed E-state index contributed by atoms with van der Waals surface area (Å²) in [4.78, 5) is 72.5. The maximum atomic E-state index is 12.1. The Morgan fingerprint density at radius 1 is 1.09 bits per heavy atom. The van der Waals surface area contributed by atoms with Crippen LogP contribution in [0.3, 0.4) is 0 Å². The Morgan fingerprint density at radius 2 is 1.71 bits per heavy atom. The van der Waals surface area contributed by atoms with Gasteiger partial charge in [0.15, 0.2) is 12.8 Å². The van der Waals surface area contributed by atoms with Gasteiger partial charge < -0.3 is 44.0 Å². The van der Waals surface area contributed by atoms with Crippen molar-refractivity contribution in [3.63, 3.8) is 0 Å². The van der Waals surface area contributed by atoms with E-state index in [9.17, 15) is 43.2 Å². The highest BCUT2D eigenvalue weighted by atomic mass is 31.3. The Bertz CT molecular complexity index is 1190. The number of H-pyrrole nitrogens is 1. The van der Waals surface area contributed by atoms with Gasteiger partial charge in [0.05, 0.1) is 19.9 Å². The smallest absolute Gasteiger partial charge is 0.475 e. The van der Waals surface area contributed by atoms with Crippen molar-refractivity contribution in [1.29, 1.82) is 0 Å². The normalized spacial score (nSPS) is 26.0. The number of methoxy groups -OCH3 is 1. The second-order valence-corrected chi connectivity index (χ2v) is 10.9. The highest BCUT2D eigenvalue weighted by Gasteiger charge is 2.47. The first-order valence-corrected chi connectivity index (χ1v) is 13.3. The molecule has 2 heterocycles. The van der Waals surface area contributed by atoms with Crippen LogP contribution in [0.5, 0.6) is 5.75 Å². The summed E-state index contributed by atoms with van der Waals surface area (Å²) in [7, 11) is -15.9. The van der Waals surface area contributed by atoms with E-state index in [0.717, 1.165) is 13.3 Å². The number of nitrogens with zero attached hydrogens (tertiary/aromatic N) is 1. The molecule has 0 saturated carbocycles. The molecular weight excluding hydrogens is 553 g/mol. The fourth-order valence-electron chi connectivity index (χ4n) is 2.52. The first-order valence-electron chi connectivity index (χ1n) is 8.80. The minimum atomic E-state index is -5.80. The third-order valence-corrected chi connectivity index (χ3v) is 7.74. The van der Waals surface area contributed by atoms with E-state index >= 15 is 0 Å². The van der Waals surface area contributed by atoms with Gasteiger partial charge in [-0.25, -0.2) is 23.3 Å². The van der Waals surface area contributed by atoms with Crippen molar-refractivity contribution in [1.82, 2.24) is 9.55 Å². The van der Waals surface area contributed by atoms with Gasteiger partial charge in [-0.15, -0.1) is 0 Å². The molecule has 7 N–H and O–H groups in total. The number of ether oxygens (including phenoxy) is 3. The lowest BCUT2D eigenvalue weighted by Gasteiger charge is -2.19. The highest BCUT2D eigenvalue weighted by Crippen LogP contribution is 2.66. The topological polar surface area (TPSA) is 300 Å². The molecule has 23 heteroatoms. The van der Waals surface area contributed by atoms with E-state index in [-0.39, 0.29) is 0 Å². The summed E-state index contributed by atoms with van der Waals surface area (Å²) in [5.74, 6) is -1.46. The number of phosphoric acid groups is 3. The van der Waals surface area contributed by atoms with E-state index in [1.165, 1.54) is 0 Å². The van der Waals surface area contributed by atoms with Crippen LogP contribution in [-0.2, 0) is 41.1 Å². The van der Waals surface area contributed by atoms with E-state index in [1.807, 2.05) is 0 Å². The highest BCUT2D eigenvalue weighted by molar-refractivity contribution is 7.66. The van der Waals surface area contributed by atoms with Gasteiger partial charge in [0.2, 0.25) is 5.75 Å². The molecule has 1 saturated heterocycles. The summed E-state index contributed by atoms with van der Waals surface area (Å²) in [5.41, 5.74) is -2.22. The largest absolute Gasteiger partial charge is 0.490 e. The number of hydrogen-bond acceptors (Lipinski definition) is 14. The number of phosphoric ester groups is 1. The molecule has 1 aromatic rings. The number of nitrogens with one attached hydrogen (secondary N) is 1. The number of aliphatic hydroxyl groups is 2. The van der Waals surface area contributed by atoms with Crippen molar-refractivity contribution in [3.8, 4) is 5.75 Å². The van der Waals surface area contributed by atoms with Gasteiger partial charge in [0.25, 0.3) is 5.56 Å². The molecule has 0 bridgehead atoms. The third kappa shape index (κ3) is 8.40. The zero-order valence-electron chi connectivity index (χ0n) is 17.2. The molecule has 35 heavy (non-hydrogen) atoms. The molecule has 1 fully saturated rings. The quantitative estimate of drug-likeness (QED) is 0.103. The van der Waals surface area contributed by atoms with Gasteiger partial charge in [-0.2, -0.15) is 8.62 Å². The minimum Gasteiger partial charge on any atom is -0.475 e. The number of hydrogen-bond donors (Lipinski definition) is 7. The summed E-state index contributed by atoms with van der Waals surface area (Å²) in [6, 6.07) is 0. The van der Waals surface area contributed by atoms with E-state index < -0.39 is 84.2 Å². The molecule has 2 unspecified atom stereocenters. The van der Waals surface area contributed by atoms with Crippen LogP contribution in [0.4, 0.5) is 0 Å². The summed E-state index contributed by atoms with van der Waals surface area (Å²) in [5, 5.41) is 20.3. The summed E-state index contributed by atoms with van der Waals surface area (Å²) in [6.45, 7) is -1.86. The number of aliphatic hydroxyl groups excluding tert-OH is 2. The Labute approximate surface area is 193 Å². The first kappa shape index (κ1) is 29.5. The fourth-order valence-corrected chi connectivity index (χ4v) is 5.55. The van der Waals surface area contributed by atoms with E-state index in [1.54, 1.807) is 4.98 Å². The van der Waals surface area contributed by atoms with Gasteiger partial charge in [-0.1, -0.05) is 0 Å². The van der Waals surface area contributed by atoms with Crippen LogP contribution in [0.2, 0.25) is 0 Å². The molecule has 0 radical (unpaired) electrons. The van der Waals surface area contributed by atoms with Crippen LogP contribution in [0, 0.1) is 0 Å². The minimum absolute atomic E-state index is 0.548. The lowest BCUT2D eigenvalue weighted by molar-refractivity contribution is -0.143. The van der Waals surface area contributed by atoms with E-state index in [4.69, 9.17) is 24.2 Å². The number of esters is 1. The van der Waals surface area contributed by atoms with Gasteiger partial charge in [-0.05, 0) is 0 Å². The predicted octanol–water partition coefficient (Wildman–Crippen LogP) is -2.95. The monoisotopic (exact) mass is 572 g/mol. The molecule has 20 nitrogen and oxygen atoms in total. The summed E-state index contributed by atoms with van der Waals surface area (Å²) in [6.07, 6.45) is -6.54. The maximum Gasteiger partial charge on any atom is 0.490 e. The van der Waals surface area contributed by atoms with E-state index in [2.05, 4.69) is 17.9 Å². The predicted molar refractivity (Wildman–Crippen MR) is 105 cm³/mol. The average molecular weight is 572 g/mol. The molecule has 2 rings (SSSR count). The number of rotatable bonds is 11. The van der Waals surface area contributed by atoms with Gasteiger partial charge >= 0.3 is 35.1 Å². The van der Waals surface area contributed by atoms with Gasteiger partial charge in [-0.3, -0.25) is 18.9 Å². The Morgan fingerprint density at radius 3 is 2.29 bits per heavy atom. The van der Waals surface area contributed by atoms with Crippen molar-refractivity contribution in [2.24, 2.45) is 0 Å². The zero-order chi connectivity index (χ0) is 26.8. The molecular formula is C12H19N2O18P3. The second kappa shape index (κ2) is 11.1. The van der Waals surface area contributed by atoms with Crippen LogP contribution in [0.15, 0.2) is 15.8 Å². The van der Waals surface area contributed by atoms with Crippen LogP contribution in [0.1, 0.15) is 6.23 Å². The lowest BCUT2D eigenvalue weighted by atomic mass is 10.1. The average Bonchev–Trinajstić information content (AvgIpc) is 2.97. The van der Waals surface area contributed by atoms with Crippen molar-refractivity contribution in [3.05, 3.63) is 27.0 Å². The van der Waals surface area contributed by atoms with Crippen molar-refractivity contribution in [2.45, 2.75) is 24.5 Å². The third-order valence-electron chi connectivity index (χ3n) is 3.94. The first-order chi connectivity index (χ1) is 15.9. The molecule has 6 atom stereocenters. The standard InChI is InChI=1S/C12H19N2O18P3/c1-27-7(15)4-28-5-2-14(12(19)13-10(5)18)11-9(17)8(16)6(30-11)3-29-34(23,24)32-35(25,26)31-33(20,21)22/h2,6,8-9,11,16-17H,3-4H2,1H3,(H,23,24)(H,25,26)(H,13,18,19)(H2,20,21,22)/t6-,8+,9+,11-/m1/s1. The Balaban J connectivity index is 2.14. The van der Waals surface area contributed by atoms with Crippen molar-refractivity contribution < 1.29 is 75.6 Å². The summed E-state index contributed by atoms with van der Waals surface area (Å²) < 4.78 is 60.1. The van der Waals surface area contributed by atoms with Crippen molar-refractivity contribution in [2.75, 3.05) is 20.3 Å². The Kier molecular flexibility index (Phi) is 9.35. The van der Waals surface area contributed by atoms with Gasteiger partial charge in [0, 0.05) is 0 Å². The zero-order valence-corrected chi connectivity index (χ0v) is 19.9. The number of aromatic nitrogens is 2. The Hall–Kier alpha value is -1.76. The number of carbonyl (C=O) groups is 1. The van der Waals surface area contributed by atoms with Crippen molar-refractivity contribution >= 4 is 29.4 Å². The maximum absolute atomic E-state index is 12.1. The second-order valence-electron chi connectivity index (χ2n) is 6.46. The van der Waals surface area contributed by atoms with E-state index in [0.29, 0.717) is 4.57 Å². The SMILES string of the molecule is COC(=O)COc1cn([C@@H]2O[C@H](COP(=O)(O)OP(=O)(O)OP(=O)(O)O)[C@H](O)[C@@H]2O)c(=O)[nH]c1=O. The molecule has 1 aliphatic rings. The molecule has 1 aromatic heterocycles. The molecule has 0 spiro atoms. The molecule has 0 amide bonds. The van der Waals surface area contributed by atoms with Crippen LogP contribution in [-0.4, -0.2) is 83.9 Å².